The van der Waals surface area contributed by atoms with Gasteiger partial charge in [-0.3, -0.25) is 9.59 Å². The second kappa shape index (κ2) is 10.5. The highest BCUT2D eigenvalue weighted by atomic mass is 16.5. The van der Waals surface area contributed by atoms with Gasteiger partial charge in [0.15, 0.2) is 6.61 Å². The Kier molecular flexibility index (Phi) is 7.49. The second-order valence-corrected chi connectivity index (χ2v) is 7.18. The van der Waals surface area contributed by atoms with Crippen LogP contribution in [0.2, 0.25) is 0 Å². The van der Waals surface area contributed by atoms with Crippen LogP contribution in [0.4, 0.5) is 0 Å². The summed E-state index contributed by atoms with van der Waals surface area (Å²) < 4.78 is 11.2. The Bertz CT molecular complexity index is 1050. The van der Waals surface area contributed by atoms with E-state index in [0.29, 0.717) is 17.9 Å². The molecule has 1 atom stereocenters. The zero-order valence-corrected chi connectivity index (χ0v) is 18.1. The molecule has 0 aromatic heterocycles. The van der Waals surface area contributed by atoms with Gasteiger partial charge in [0.25, 0.3) is 5.91 Å². The van der Waals surface area contributed by atoms with Gasteiger partial charge in [-0.2, -0.15) is 0 Å². The highest BCUT2D eigenvalue weighted by Gasteiger charge is 2.28. The van der Waals surface area contributed by atoms with Gasteiger partial charge in [0.2, 0.25) is 5.91 Å². The standard InChI is InChI=1S/C25H28N2O4/c1-4-22(25(29)26-2)27(16-18-9-7-12-20(15-18)30-3)24(28)17-31-23-14-8-11-19-10-5-6-13-21(19)23/h5-15,22H,4,16-17H2,1-3H3,(H,26,29). The van der Waals surface area contributed by atoms with Crippen molar-refractivity contribution < 1.29 is 19.1 Å². The molecule has 0 spiro atoms. The smallest absolute Gasteiger partial charge is 0.261 e. The van der Waals surface area contributed by atoms with Crippen LogP contribution < -0.4 is 14.8 Å². The van der Waals surface area contributed by atoms with E-state index in [1.807, 2.05) is 73.7 Å². The van der Waals surface area contributed by atoms with Gasteiger partial charge in [0.05, 0.1) is 7.11 Å². The first-order valence-corrected chi connectivity index (χ1v) is 10.3. The number of benzene rings is 3. The Balaban J connectivity index is 1.83. The fourth-order valence-corrected chi connectivity index (χ4v) is 3.60. The molecule has 6 heteroatoms. The van der Waals surface area contributed by atoms with Gasteiger partial charge in [-0.15, -0.1) is 0 Å². The first-order chi connectivity index (χ1) is 15.1. The largest absolute Gasteiger partial charge is 0.497 e. The summed E-state index contributed by atoms with van der Waals surface area (Å²) >= 11 is 0. The molecule has 31 heavy (non-hydrogen) atoms. The van der Waals surface area contributed by atoms with Crippen molar-refractivity contribution in [2.45, 2.75) is 25.9 Å². The van der Waals surface area contributed by atoms with Crippen molar-refractivity contribution in [2.75, 3.05) is 20.8 Å². The van der Waals surface area contributed by atoms with Gasteiger partial charge in [-0.1, -0.05) is 55.5 Å². The number of rotatable bonds is 9. The van der Waals surface area contributed by atoms with E-state index in [4.69, 9.17) is 9.47 Å². The summed E-state index contributed by atoms with van der Waals surface area (Å²) in [4.78, 5) is 27.3. The van der Waals surface area contributed by atoms with Crippen molar-refractivity contribution in [3.8, 4) is 11.5 Å². The molecule has 3 aromatic rings. The van der Waals surface area contributed by atoms with Crippen molar-refractivity contribution >= 4 is 22.6 Å². The molecule has 0 fully saturated rings. The summed E-state index contributed by atoms with van der Waals surface area (Å²) in [5.41, 5.74) is 0.875. The summed E-state index contributed by atoms with van der Waals surface area (Å²) in [6.45, 7) is 2.00. The molecule has 0 saturated carbocycles. The lowest BCUT2D eigenvalue weighted by Gasteiger charge is -2.30. The van der Waals surface area contributed by atoms with Gasteiger partial charge in [-0.05, 0) is 35.6 Å². The van der Waals surface area contributed by atoms with Crippen molar-refractivity contribution in [1.82, 2.24) is 10.2 Å². The highest BCUT2D eigenvalue weighted by Crippen LogP contribution is 2.25. The van der Waals surface area contributed by atoms with Gasteiger partial charge in [0, 0.05) is 19.0 Å². The van der Waals surface area contributed by atoms with E-state index >= 15 is 0 Å². The number of nitrogens with zero attached hydrogens (tertiary/aromatic N) is 1. The minimum atomic E-state index is -0.597. The number of hydrogen-bond donors (Lipinski definition) is 1. The molecule has 0 aliphatic rings. The zero-order chi connectivity index (χ0) is 22.2. The molecular weight excluding hydrogens is 392 g/mol. The van der Waals surface area contributed by atoms with Crippen LogP contribution in [0.25, 0.3) is 10.8 Å². The van der Waals surface area contributed by atoms with Gasteiger partial charge < -0.3 is 19.7 Å². The van der Waals surface area contributed by atoms with Crippen molar-refractivity contribution in [1.29, 1.82) is 0 Å². The molecule has 0 radical (unpaired) electrons. The molecule has 3 rings (SSSR count). The number of ether oxygens (including phenoxy) is 2. The molecule has 0 heterocycles. The zero-order valence-electron chi connectivity index (χ0n) is 18.1. The number of carbonyl (C=O) groups is 2. The number of amides is 2. The Hall–Kier alpha value is -3.54. The number of carbonyl (C=O) groups excluding carboxylic acids is 2. The normalized spacial score (nSPS) is 11.6. The third kappa shape index (κ3) is 5.34. The fraction of sp³-hybridized carbons (Fsp3) is 0.280. The van der Waals surface area contributed by atoms with Crippen LogP contribution in [0.3, 0.4) is 0 Å². The summed E-state index contributed by atoms with van der Waals surface area (Å²) in [7, 11) is 3.17. The van der Waals surface area contributed by atoms with Gasteiger partial charge >= 0.3 is 0 Å². The van der Waals surface area contributed by atoms with Crippen LogP contribution in [0, 0.1) is 0 Å². The van der Waals surface area contributed by atoms with Crippen LogP contribution in [-0.4, -0.2) is 43.5 Å². The number of likely N-dealkylation sites (N-methyl/N-ethyl adjacent to an activating group) is 1. The quantitative estimate of drug-likeness (QED) is 0.572. The van der Waals surface area contributed by atoms with Crippen molar-refractivity contribution in [3.63, 3.8) is 0 Å². The number of hydrogen-bond acceptors (Lipinski definition) is 4. The monoisotopic (exact) mass is 420 g/mol. The van der Waals surface area contributed by atoms with E-state index in [0.717, 1.165) is 16.3 Å². The topological polar surface area (TPSA) is 67.9 Å². The number of nitrogens with one attached hydrogen (secondary N) is 1. The van der Waals surface area contributed by atoms with Crippen molar-refractivity contribution in [2.24, 2.45) is 0 Å². The Morgan fingerprint density at radius 3 is 2.52 bits per heavy atom. The fourth-order valence-electron chi connectivity index (χ4n) is 3.60. The van der Waals surface area contributed by atoms with E-state index in [2.05, 4.69) is 5.32 Å². The highest BCUT2D eigenvalue weighted by molar-refractivity contribution is 5.90. The summed E-state index contributed by atoms with van der Waals surface area (Å²) in [6.07, 6.45) is 0.490. The Morgan fingerprint density at radius 2 is 1.77 bits per heavy atom. The predicted molar refractivity (Wildman–Crippen MR) is 121 cm³/mol. The molecular formula is C25H28N2O4. The first kappa shape index (κ1) is 22.2. The lowest BCUT2D eigenvalue weighted by molar-refractivity contribution is -0.142. The van der Waals surface area contributed by atoms with E-state index in [1.54, 1.807) is 19.1 Å². The maximum Gasteiger partial charge on any atom is 0.261 e. The molecule has 0 aliphatic heterocycles. The van der Waals surface area contributed by atoms with Crippen LogP contribution >= 0.6 is 0 Å². The minimum Gasteiger partial charge on any atom is -0.497 e. The molecule has 1 N–H and O–H groups in total. The van der Waals surface area contributed by atoms with Gasteiger partial charge in [-0.25, -0.2) is 0 Å². The molecule has 3 aromatic carbocycles. The number of methoxy groups -OCH3 is 1. The third-order valence-corrected chi connectivity index (χ3v) is 5.22. The predicted octanol–water partition coefficient (Wildman–Crippen LogP) is 3.78. The first-order valence-electron chi connectivity index (χ1n) is 10.3. The van der Waals surface area contributed by atoms with E-state index in [1.165, 1.54) is 0 Å². The number of fused-ring (bicyclic) bond motifs is 1. The van der Waals surface area contributed by atoms with Crippen LogP contribution in [0.15, 0.2) is 66.7 Å². The second-order valence-electron chi connectivity index (χ2n) is 7.18. The van der Waals surface area contributed by atoms with Crippen LogP contribution in [-0.2, 0) is 16.1 Å². The molecule has 6 nitrogen and oxygen atoms in total. The van der Waals surface area contributed by atoms with E-state index in [-0.39, 0.29) is 25.0 Å². The molecule has 0 bridgehead atoms. The van der Waals surface area contributed by atoms with Crippen LogP contribution in [0.1, 0.15) is 18.9 Å². The maximum absolute atomic E-state index is 13.2. The van der Waals surface area contributed by atoms with E-state index < -0.39 is 6.04 Å². The third-order valence-electron chi connectivity index (χ3n) is 5.22. The van der Waals surface area contributed by atoms with Gasteiger partial charge in [0.1, 0.15) is 17.5 Å². The van der Waals surface area contributed by atoms with Crippen LogP contribution in [0.5, 0.6) is 11.5 Å². The average Bonchev–Trinajstić information content (AvgIpc) is 2.82. The lowest BCUT2D eigenvalue weighted by atomic mass is 10.1. The average molecular weight is 421 g/mol. The molecule has 162 valence electrons. The molecule has 0 saturated heterocycles. The summed E-state index contributed by atoms with van der Waals surface area (Å²) in [5.74, 6) is 0.876. The minimum absolute atomic E-state index is 0.161. The van der Waals surface area contributed by atoms with E-state index in [9.17, 15) is 9.59 Å². The molecule has 1 unspecified atom stereocenters. The Labute approximate surface area is 182 Å². The maximum atomic E-state index is 13.2. The Morgan fingerprint density at radius 1 is 1.03 bits per heavy atom. The van der Waals surface area contributed by atoms with Crippen molar-refractivity contribution in [3.05, 3.63) is 72.3 Å². The molecule has 0 aliphatic carbocycles. The summed E-state index contributed by atoms with van der Waals surface area (Å²) in [5, 5.41) is 4.64. The SMILES string of the molecule is CCC(C(=O)NC)N(Cc1cccc(OC)c1)C(=O)COc1cccc2ccccc12. The molecule has 2 amide bonds. The lowest BCUT2D eigenvalue weighted by Crippen LogP contribution is -2.49. The summed E-state index contributed by atoms with van der Waals surface area (Å²) in [6, 6.07) is 20.5.